The minimum Gasteiger partial charge on any atom is -0.337 e. The van der Waals surface area contributed by atoms with E-state index in [1.165, 1.54) is 5.56 Å². The highest BCUT2D eigenvalue weighted by atomic mass is 35.5. The van der Waals surface area contributed by atoms with Gasteiger partial charge in [-0.1, -0.05) is 31.5 Å². The van der Waals surface area contributed by atoms with Gasteiger partial charge in [0.05, 0.1) is 6.04 Å². The third kappa shape index (κ3) is 2.68. The monoisotopic (exact) mass is 266 g/mol. The molecule has 98 valence electrons. The Morgan fingerprint density at radius 2 is 2.11 bits per heavy atom. The number of rotatable bonds is 2. The molecule has 1 aliphatic rings. The van der Waals surface area contributed by atoms with E-state index >= 15 is 0 Å². The fraction of sp³-hybridized carbons (Fsp3) is 0.500. The van der Waals surface area contributed by atoms with Crippen LogP contribution >= 0.6 is 11.6 Å². The van der Waals surface area contributed by atoms with Gasteiger partial charge >= 0.3 is 0 Å². The van der Waals surface area contributed by atoms with Crippen molar-refractivity contribution in [3.63, 3.8) is 0 Å². The SMILES string of the molecule is CC(C)[C@H](N)C(=O)N1CCc2ccc(Cl)cc2C1. The maximum absolute atomic E-state index is 12.2. The molecular formula is C14H19ClN2O. The highest BCUT2D eigenvalue weighted by Gasteiger charge is 2.26. The number of fused-ring (bicyclic) bond motifs is 1. The molecule has 1 aromatic rings. The molecule has 1 aliphatic heterocycles. The summed E-state index contributed by atoms with van der Waals surface area (Å²) in [5, 5.41) is 0.719. The summed E-state index contributed by atoms with van der Waals surface area (Å²) >= 11 is 5.99. The van der Waals surface area contributed by atoms with Gasteiger partial charge in [0.2, 0.25) is 5.91 Å². The summed E-state index contributed by atoms with van der Waals surface area (Å²) in [7, 11) is 0. The normalized spacial score (nSPS) is 16.6. The van der Waals surface area contributed by atoms with E-state index in [9.17, 15) is 4.79 Å². The quantitative estimate of drug-likeness (QED) is 0.892. The summed E-state index contributed by atoms with van der Waals surface area (Å²) < 4.78 is 0. The first-order valence-corrected chi connectivity index (χ1v) is 6.68. The van der Waals surface area contributed by atoms with Gasteiger partial charge in [-0.2, -0.15) is 0 Å². The second kappa shape index (κ2) is 5.29. The Kier molecular flexibility index (Phi) is 3.93. The van der Waals surface area contributed by atoms with Crippen molar-refractivity contribution in [3.05, 3.63) is 34.3 Å². The van der Waals surface area contributed by atoms with E-state index in [-0.39, 0.29) is 11.8 Å². The van der Waals surface area contributed by atoms with E-state index in [0.29, 0.717) is 6.54 Å². The van der Waals surface area contributed by atoms with Gasteiger partial charge in [-0.25, -0.2) is 0 Å². The lowest BCUT2D eigenvalue weighted by Crippen LogP contribution is -2.48. The number of hydrogen-bond acceptors (Lipinski definition) is 2. The van der Waals surface area contributed by atoms with Crippen molar-refractivity contribution in [1.82, 2.24) is 4.90 Å². The van der Waals surface area contributed by atoms with Gasteiger partial charge < -0.3 is 10.6 Å². The number of nitrogens with zero attached hydrogens (tertiary/aromatic N) is 1. The molecular weight excluding hydrogens is 248 g/mol. The fourth-order valence-electron chi connectivity index (χ4n) is 2.21. The number of carbonyl (C=O) groups is 1. The maximum Gasteiger partial charge on any atom is 0.240 e. The predicted molar refractivity (Wildman–Crippen MR) is 73.4 cm³/mol. The van der Waals surface area contributed by atoms with E-state index < -0.39 is 6.04 Å². The minimum absolute atomic E-state index is 0.0376. The van der Waals surface area contributed by atoms with E-state index in [1.807, 2.05) is 36.9 Å². The van der Waals surface area contributed by atoms with Gasteiger partial charge in [0.25, 0.3) is 0 Å². The van der Waals surface area contributed by atoms with E-state index in [0.717, 1.165) is 23.6 Å². The van der Waals surface area contributed by atoms with Crippen LogP contribution in [-0.2, 0) is 17.8 Å². The second-order valence-electron chi connectivity index (χ2n) is 5.19. The first-order valence-electron chi connectivity index (χ1n) is 6.30. The van der Waals surface area contributed by atoms with Crippen LogP contribution in [0.2, 0.25) is 5.02 Å². The molecule has 0 unspecified atom stereocenters. The molecule has 0 radical (unpaired) electrons. The van der Waals surface area contributed by atoms with Crippen molar-refractivity contribution >= 4 is 17.5 Å². The Bertz CT molecular complexity index is 459. The van der Waals surface area contributed by atoms with Gasteiger partial charge in [0, 0.05) is 18.1 Å². The van der Waals surface area contributed by atoms with Crippen molar-refractivity contribution in [2.75, 3.05) is 6.54 Å². The van der Waals surface area contributed by atoms with Crippen LogP contribution in [0.15, 0.2) is 18.2 Å². The third-order valence-electron chi connectivity index (χ3n) is 3.50. The molecule has 4 heteroatoms. The molecule has 2 N–H and O–H groups in total. The van der Waals surface area contributed by atoms with Gasteiger partial charge in [0.1, 0.15) is 0 Å². The number of nitrogens with two attached hydrogens (primary N) is 1. The average Bonchev–Trinajstić information content (AvgIpc) is 2.35. The molecule has 0 bridgehead atoms. The highest BCUT2D eigenvalue weighted by molar-refractivity contribution is 6.30. The zero-order valence-electron chi connectivity index (χ0n) is 10.8. The lowest BCUT2D eigenvalue weighted by atomic mass is 9.97. The molecule has 3 nitrogen and oxygen atoms in total. The smallest absolute Gasteiger partial charge is 0.240 e. The standard InChI is InChI=1S/C14H19ClN2O/c1-9(2)13(16)14(18)17-6-5-10-3-4-12(15)7-11(10)8-17/h3-4,7,9,13H,5-6,8,16H2,1-2H3/t13-/m0/s1. The maximum atomic E-state index is 12.2. The van der Waals surface area contributed by atoms with Crippen LogP contribution in [0.5, 0.6) is 0 Å². The largest absolute Gasteiger partial charge is 0.337 e. The zero-order valence-corrected chi connectivity index (χ0v) is 11.6. The van der Waals surface area contributed by atoms with Crippen LogP contribution < -0.4 is 5.73 Å². The molecule has 0 saturated heterocycles. The molecule has 0 fully saturated rings. The van der Waals surface area contributed by atoms with E-state index in [2.05, 4.69) is 0 Å². The molecule has 1 heterocycles. The van der Waals surface area contributed by atoms with Crippen LogP contribution in [0.3, 0.4) is 0 Å². The van der Waals surface area contributed by atoms with Crippen molar-refractivity contribution < 1.29 is 4.79 Å². The van der Waals surface area contributed by atoms with Crippen LogP contribution in [0.1, 0.15) is 25.0 Å². The Hall–Kier alpha value is -1.06. The van der Waals surface area contributed by atoms with Gasteiger partial charge in [-0.05, 0) is 35.6 Å². The van der Waals surface area contributed by atoms with Gasteiger partial charge in [-0.15, -0.1) is 0 Å². The van der Waals surface area contributed by atoms with Gasteiger partial charge in [-0.3, -0.25) is 4.79 Å². The lowest BCUT2D eigenvalue weighted by molar-refractivity contribution is -0.134. The van der Waals surface area contributed by atoms with Crippen LogP contribution in [0, 0.1) is 5.92 Å². The van der Waals surface area contributed by atoms with Crippen molar-refractivity contribution in [2.24, 2.45) is 11.7 Å². The fourth-order valence-corrected chi connectivity index (χ4v) is 2.40. The number of carbonyl (C=O) groups excluding carboxylic acids is 1. The number of benzene rings is 1. The molecule has 18 heavy (non-hydrogen) atoms. The summed E-state index contributed by atoms with van der Waals surface area (Å²) in [4.78, 5) is 14.0. The lowest BCUT2D eigenvalue weighted by Gasteiger charge is -2.31. The topological polar surface area (TPSA) is 46.3 Å². The Morgan fingerprint density at radius 1 is 1.39 bits per heavy atom. The summed E-state index contributed by atoms with van der Waals surface area (Å²) in [5.41, 5.74) is 8.34. The molecule has 0 aromatic heterocycles. The first-order chi connectivity index (χ1) is 8.49. The number of halogens is 1. The minimum atomic E-state index is -0.411. The van der Waals surface area contributed by atoms with Crippen LogP contribution in [0.4, 0.5) is 0 Å². The van der Waals surface area contributed by atoms with Crippen molar-refractivity contribution in [1.29, 1.82) is 0 Å². The Morgan fingerprint density at radius 3 is 2.78 bits per heavy atom. The summed E-state index contributed by atoms with van der Waals surface area (Å²) in [6.07, 6.45) is 0.878. The average molecular weight is 267 g/mol. The van der Waals surface area contributed by atoms with Crippen molar-refractivity contribution in [2.45, 2.75) is 32.9 Å². The summed E-state index contributed by atoms with van der Waals surface area (Å²) in [6.45, 7) is 5.30. The molecule has 0 spiro atoms. The molecule has 0 saturated carbocycles. The molecule has 2 rings (SSSR count). The molecule has 1 amide bonds. The molecule has 1 atom stereocenters. The predicted octanol–water partition coefficient (Wildman–Crippen LogP) is 2.21. The first kappa shape index (κ1) is 13.4. The van der Waals surface area contributed by atoms with Crippen LogP contribution in [-0.4, -0.2) is 23.4 Å². The third-order valence-corrected chi connectivity index (χ3v) is 3.73. The van der Waals surface area contributed by atoms with Crippen LogP contribution in [0.25, 0.3) is 0 Å². The van der Waals surface area contributed by atoms with E-state index in [1.54, 1.807) is 0 Å². The number of amides is 1. The van der Waals surface area contributed by atoms with E-state index in [4.69, 9.17) is 17.3 Å². The Balaban J connectivity index is 2.14. The molecule has 1 aromatic carbocycles. The number of hydrogen-bond donors (Lipinski definition) is 1. The highest BCUT2D eigenvalue weighted by Crippen LogP contribution is 2.23. The Labute approximate surface area is 113 Å². The summed E-state index contributed by atoms with van der Waals surface area (Å²) in [5.74, 6) is 0.203. The zero-order chi connectivity index (χ0) is 13.3. The van der Waals surface area contributed by atoms with Crippen molar-refractivity contribution in [3.8, 4) is 0 Å². The van der Waals surface area contributed by atoms with Gasteiger partial charge in [0.15, 0.2) is 0 Å². The molecule has 0 aliphatic carbocycles. The second-order valence-corrected chi connectivity index (χ2v) is 5.63. The summed E-state index contributed by atoms with van der Waals surface area (Å²) in [6, 6.07) is 5.47.